The summed E-state index contributed by atoms with van der Waals surface area (Å²) in [7, 11) is -1.61. The van der Waals surface area contributed by atoms with Crippen LogP contribution in [0.4, 0.5) is 0 Å². The highest BCUT2D eigenvalue weighted by Gasteiger charge is 2.14. The third-order valence-corrected chi connectivity index (χ3v) is 6.07. The highest BCUT2D eigenvalue weighted by atomic mass is 32.2. The predicted octanol–water partition coefficient (Wildman–Crippen LogP) is 2.37. The predicted molar refractivity (Wildman–Crippen MR) is 115 cm³/mol. The Morgan fingerprint density at radius 2 is 1.72 bits per heavy atom. The first-order valence-electron chi connectivity index (χ1n) is 9.33. The molecule has 0 bridgehead atoms. The number of benzene rings is 2. The standard InChI is InChI=1S/C22H27N3O3S/c1-5-14-24-29(27,28)21-12-10-18(11-13-21)22(26)23-15-19-8-6-7-9-20(19)16-25(4)17(2)3/h1,6-13,17,24H,14-16H2,2-4H3,(H,23,26). The first-order chi connectivity index (χ1) is 13.7. The van der Waals surface area contributed by atoms with Gasteiger partial charge in [-0.15, -0.1) is 6.42 Å². The van der Waals surface area contributed by atoms with Crippen molar-refractivity contribution >= 4 is 15.9 Å². The van der Waals surface area contributed by atoms with Gasteiger partial charge in [0.1, 0.15) is 0 Å². The lowest BCUT2D eigenvalue weighted by molar-refractivity contribution is 0.0950. The zero-order valence-electron chi connectivity index (χ0n) is 17.0. The summed E-state index contributed by atoms with van der Waals surface area (Å²) >= 11 is 0. The highest BCUT2D eigenvalue weighted by molar-refractivity contribution is 7.89. The van der Waals surface area contributed by atoms with E-state index < -0.39 is 10.0 Å². The topological polar surface area (TPSA) is 78.5 Å². The molecule has 0 spiro atoms. The Labute approximate surface area is 173 Å². The maximum atomic E-state index is 12.5. The van der Waals surface area contributed by atoms with Gasteiger partial charge in [-0.1, -0.05) is 30.2 Å². The zero-order valence-corrected chi connectivity index (χ0v) is 17.8. The van der Waals surface area contributed by atoms with Gasteiger partial charge in [0.2, 0.25) is 10.0 Å². The monoisotopic (exact) mass is 413 g/mol. The molecule has 6 nitrogen and oxygen atoms in total. The molecule has 29 heavy (non-hydrogen) atoms. The molecule has 0 aliphatic carbocycles. The van der Waals surface area contributed by atoms with Crippen molar-refractivity contribution in [1.29, 1.82) is 0 Å². The molecule has 2 rings (SSSR count). The number of sulfonamides is 1. The number of carbonyl (C=O) groups is 1. The van der Waals surface area contributed by atoms with Crippen LogP contribution in [0.15, 0.2) is 53.4 Å². The Morgan fingerprint density at radius 1 is 1.10 bits per heavy atom. The van der Waals surface area contributed by atoms with Crippen LogP contribution in [0.25, 0.3) is 0 Å². The minimum Gasteiger partial charge on any atom is -0.348 e. The lowest BCUT2D eigenvalue weighted by Crippen LogP contribution is -2.28. The minimum absolute atomic E-state index is 0.0615. The molecule has 154 valence electrons. The number of rotatable bonds is 9. The van der Waals surface area contributed by atoms with Gasteiger partial charge in [0.15, 0.2) is 0 Å². The van der Waals surface area contributed by atoms with Crippen LogP contribution in [0.3, 0.4) is 0 Å². The molecule has 0 saturated carbocycles. The van der Waals surface area contributed by atoms with Crippen molar-refractivity contribution < 1.29 is 13.2 Å². The number of hydrogen-bond donors (Lipinski definition) is 2. The largest absolute Gasteiger partial charge is 0.348 e. The average molecular weight is 414 g/mol. The van der Waals surface area contributed by atoms with Crippen LogP contribution in [0.2, 0.25) is 0 Å². The molecule has 0 atom stereocenters. The fraction of sp³-hybridized carbons (Fsp3) is 0.318. The lowest BCUT2D eigenvalue weighted by atomic mass is 10.1. The smallest absolute Gasteiger partial charge is 0.251 e. The number of nitrogens with zero attached hydrogens (tertiary/aromatic N) is 1. The summed E-state index contributed by atoms with van der Waals surface area (Å²) in [6.45, 7) is 5.37. The molecule has 2 N–H and O–H groups in total. The summed E-state index contributed by atoms with van der Waals surface area (Å²) < 4.78 is 26.4. The van der Waals surface area contributed by atoms with Gasteiger partial charge in [0.05, 0.1) is 11.4 Å². The number of nitrogens with one attached hydrogen (secondary N) is 2. The molecule has 0 heterocycles. The fourth-order valence-corrected chi connectivity index (χ4v) is 3.55. The van der Waals surface area contributed by atoms with E-state index in [2.05, 4.69) is 47.8 Å². The Bertz CT molecular complexity index is 977. The van der Waals surface area contributed by atoms with Crippen molar-refractivity contribution in [2.45, 2.75) is 37.9 Å². The Balaban J connectivity index is 2.04. The van der Waals surface area contributed by atoms with E-state index in [9.17, 15) is 13.2 Å². The van der Waals surface area contributed by atoms with Gasteiger partial charge in [-0.2, -0.15) is 4.72 Å². The highest BCUT2D eigenvalue weighted by Crippen LogP contribution is 2.14. The summed E-state index contributed by atoms with van der Waals surface area (Å²) in [6, 6.07) is 14.2. The Morgan fingerprint density at radius 3 is 2.31 bits per heavy atom. The lowest BCUT2D eigenvalue weighted by Gasteiger charge is -2.22. The second-order valence-electron chi connectivity index (χ2n) is 7.01. The quantitative estimate of drug-likeness (QED) is 0.619. The minimum atomic E-state index is -3.67. The molecule has 0 fully saturated rings. The van der Waals surface area contributed by atoms with E-state index in [-0.39, 0.29) is 17.3 Å². The van der Waals surface area contributed by atoms with E-state index in [1.54, 1.807) is 0 Å². The van der Waals surface area contributed by atoms with Crippen LogP contribution in [0, 0.1) is 12.3 Å². The van der Waals surface area contributed by atoms with Crippen molar-refractivity contribution in [1.82, 2.24) is 14.9 Å². The summed E-state index contributed by atoms with van der Waals surface area (Å²) in [5.41, 5.74) is 2.59. The molecule has 7 heteroatoms. The van der Waals surface area contributed by atoms with Gasteiger partial charge < -0.3 is 5.32 Å². The summed E-state index contributed by atoms with van der Waals surface area (Å²) in [5, 5.41) is 2.90. The second kappa shape index (κ2) is 10.2. The van der Waals surface area contributed by atoms with Crippen LogP contribution in [-0.4, -0.2) is 38.9 Å². The SMILES string of the molecule is C#CCNS(=O)(=O)c1ccc(C(=O)NCc2ccccc2CN(C)C(C)C)cc1. The Kier molecular flexibility index (Phi) is 7.97. The third kappa shape index (κ3) is 6.43. The van der Waals surface area contributed by atoms with Gasteiger partial charge in [0, 0.05) is 24.7 Å². The van der Waals surface area contributed by atoms with E-state index in [1.807, 2.05) is 18.2 Å². The molecular weight excluding hydrogens is 386 g/mol. The number of amides is 1. The van der Waals surface area contributed by atoms with E-state index in [0.717, 1.165) is 17.7 Å². The van der Waals surface area contributed by atoms with E-state index >= 15 is 0 Å². The molecule has 0 saturated heterocycles. The molecule has 0 aromatic heterocycles. The molecule has 2 aromatic carbocycles. The van der Waals surface area contributed by atoms with E-state index in [1.165, 1.54) is 24.3 Å². The van der Waals surface area contributed by atoms with Crippen LogP contribution in [0.1, 0.15) is 35.3 Å². The Hall–Kier alpha value is -2.66. The number of terminal acetylenes is 1. The molecule has 0 aliphatic heterocycles. The van der Waals surface area contributed by atoms with Gasteiger partial charge in [-0.3, -0.25) is 9.69 Å². The third-order valence-electron chi connectivity index (χ3n) is 4.65. The van der Waals surface area contributed by atoms with Gasteiger partial charge in [0.25, 0.3) is 5.91 Å². The fourth-order valence-electron chi connectivity index (χ4n) is 2.62. The first kappa shape index (κ1) is 22.6. The number of carbonyl (C=O) groups excluding carboxylic acids is 1. The summed E-state index contributed by atoms with van der Waals surface area (Å²) in [6.07, 6.45) is 5.08. The van der Waals surface area contributed by atoms with Crippen molar-refractivity contribution in [2.24, 2.45) is 0 Å². The van der Waals surface area contributed by atoms with Crippen LogP contribution in [0.5, 0.6) is 0 Å². The van der Waals surface area contributed by atoms with Gasteiger partial charge >= 0.3 is 0 Å². The number of hydrogen-bond acceptors (Lipinski definition) is 4. The molecule has 0 radical (unpaired) electrons. The van der Waals surface area contributed by atoms with Crippen molar-refractivity contribution in [2.75, 3.05) is 13.6 Å². The van der Waals surface area contributed by atoms with Gasteiger partial charge in [-0.05, 0) is 56.3 Å². The molecule has 2 aromatic rings. The molecule has 1 amide bonds. The second-order valence-corrected chi connectivity index (χ2v) is 8.78. The van der Waals surface area contributed by atoms with E-state index in [0.29, 0.717) is 18.2 Å². The van der Waals surface area contributed by atoms with Crippen molar-refractivity contribution in [3.8, 4) is 12.3 Å². The first-order valence-corrected chi connectivity index (χ1v) is 10.8. The van der Waals surface area contributed by atoms with Gasteiger partial charge in [-0.25, -0.2) is 8.42 Å². The molecular formula is C22H27N3O3S. The van der Waals surface area contributed by atoms with Crippen LogP contribution < -0.4 is 10.0 Å². The molecule has 0 aliphatic rings. The van der Waals surface area contributed by atoms with Crippen molar-refractivity contribution in [3.63, 3.8) is 0 Å². The average Bonchev–Trinajstić information content (AvgIpc) is 2.71. The molecule has 0 unspecified atom stereocenters. The normalized spacial score (nSPS) is 11.4. The maximum absolute atomic E-state index is 12.5. The zero-order chi connectivity index (χ0) is 21.4. The van der Waals surface area contributed by atoms with Crippen LogP contribution in [-0.2, 0) is 23.1 Å². The summed E-state index contributed by atoms with van der Waals surface area (Å²) in [4.78, 5) is 14.8. The van der Waals surface area contributed by atoms with E-state index in [4.69, 9.17) is 6.42 Å². The summed E-state index contributed by atoms with van der Waals surface area (Å²) in [5.74, 6) is 1.95. The van der Waals surface area contributed by atoms with Crippen molar-refractivity contribution in [3.05, 3.63) is 65.2 Å². The van der Waals surface area contributed by atoms with Crippen LogP contribution >= 0.6 is 0 Å². The maximum Gasteiger partial charge on any atom is 0.251 e.